The van der Waals surface area contributed by atoms with Crippen molar-refractivity contribution >= 4 is 23.0 Å². The number of fused-ring (bicyclic) bond motifs is 1. The van der Waals surface area contributed by atoms with Crippen LogP contribution in [0.15, 0.2) is 27.1 Å². The van der Waals surface area contributed by atoms with E-state index in [4.69, 9.17) is 14.7 Å². The Labute approximate surface area is 129 Å². The maximum absolute atomic E-state index is 13.3. The van der Waals surface area contributed by atoms with Crippen molar-refractivity contribution in [2.24, 2.45) is 5.73 Å². The molecule has 2 N–H and O–H groups in total. The van der Waals surface area contributed by atoms with Crippen molar-refractivity contribution in [3.05, 3.63) is 35.7 Å². The Hall–Kier alpha value is -2.97. The Bertz CT molecular complexity index is 890. The van der Waals surface area contributed by atoms with Gasteiger partial charge in [0.1, 0.15) is 17.4 Å². The average molecular weight is 317 g/mol. The van der Waals surface area contributed by atoms with Gasteiger partial charge in [-0.2, -0.15) is 9.97 Å². The Morgan fingerprint density at radius 3 is 3.04 bits per heavy atom. The van der Waals surface area contributed by atoms with Gasteiger partial charge in [-0.1, -0.05) is 5.16 Å². The lowest BCUT2D eigenvalue weighted by atomic mass is 10.2. The first kappa shape index (κ1) is 13.7. The van der Waals surface area contributed by atoms with E-state index in [1.165, 1.54) is 18.2 Å². The second-order valence-electron chi connectivity index (χ2n) is 5.28. The molecule has 1 atom stereocenters. The highest BCUT2D eigenvalue weighted by atomic mass is 19.1. The lowest BCUT2D eigenvalue weighted by Crippen LogP contribution is -2.23. The smallest absolute Gasteiger partial charge is 0.299 e. The monoisotopic (exact) mass is 317 g/mol. The molecule has 2 aromatic heterocycles. The lowest BCUT2D eigenvalue weighted by Gasteiger charge is -2.18. The molecule has 1 aliphatic heterocycles. The molecule has 23 heavy (non-hydrogen) atoms. The molecule has 0 aliphatic carbocycles. The van der Waals surface area contributed by atoms with E-state index in [1.807, 2.05) is 4.90 Å². The third-order valence-corrected chi connectivity index (χ3v) is 3.78. The van der Waals surface area contributed by atoms with E-state index in [1.54, 1.807) is 0 Å². The normalized spacial score (nSPS) is 18.0. The number of hydrogen-bond donors (Lipinski definition) is 1. The van der Waals surface area contributed by atoms with Crippen LogP contribution < -0.4 is 10.6 Å². The van der Waals surface area contributed by atoms with Crippen LogP contribution >= 0.6 is 0 Å². The van der Waals surface area contributed by atoms with Crippen molar-refractivity contribution in [2.45, 2.75) is 18.9 Å². The highest BCUT2D eigenvalue weighted by Gasteiger charge is 2.34. The molecule has 118 valence electrons. The summed E-state index contributed by atoms with van der Waals surface area (Å²) in [7, 11) is 0. The van der Waals surface area contributed by atoms with Gasteiger partial charge in [0.05, 0.1) is 0 Å². The number of anilines is 1. The molecule has 1 fully saturated rings. The summed E-state index contributed by atoms with van der Waals surface area (Å²) in [6.07, 6.45) is 1.61. The van der Waals surface area contributed by atoms with Gasteiger partial charge < -0.3 is 19.6 Å². The molecule has 4 rings (SSSR count). The Morgan fingerprint density at radius 2 is 2.26 bits per heavy atom. The van der Waals surface area contributed by atoms with Crippen molar-refractivity contribution in [3.8, 4) is 0 Å². The Balaban J connectivity index is 1.69. The van der Waals surface area contributed by atoms with Gasteiger partial charge in [-0.3, -0.25) is 4.79 Å². The number of oxazole rings is 1. The molecule has 3 aromatic rings. The van der Waals surface area contributed by atoms with Crippen LogP contribution in [0.3, 0.4) is 0 Å². The fraction of sp³-hybridized carbons (Fsp3) is 0.286. The third kappa shape index (κ3) is 2.30. The van der Waals surface area contributed by atoms with Gasteiger partial charge in [0, 0.05) is 12.6 Å². The highest BCUT2D eigenvalue weighted by molar-refractivity contribution is 5.88. The summed E-state index contributed by atoms with van der Waals surface area (Å²) in [6.45, 7) is 0.675. The number of aromatic nitrogens is 3. The molecule has 9 heteroatoms. The van der Waals surface area contributed by atoms with Crippen LogP contribution in [0.4, 0.5) is 10.4 Å². The van der Waals surface area contributed by atoms with Crippen molar-refractivity contribution in [1.29, 1.82) is 0 Å². The largest absolute Gasteiger partial charge is 0.423 e. The topological polar surface area (TPSA) is 111 Å². The number of carbonyl (C=O) groups excluding carboxylic acids is 1. The first-order valence-electron chi connectivity index (χ1n) is 7.08. The molecule has 0 radical (unpaired) electrons. The fourth-order valence-corrected chi connectivity index (χ4v) is 2.73. The summed E-state index contributed by atoms with van der Waals surface area (Å²) in [5, 5.41) is 3.55. The van der Waals surface area contributed by atoms with Crippen LogP contribution in [0, 0.1) is 5.82 Å². The summed E-state index contributed by atoms with van der Waals surface area (Å²) in [5.41, 5.74) is 6.07. The number of halogens is 1. The lowest BCUT2D eigenvalue weighted by molar-refractivity contribution is 0.0987. The van der Waals surface area contributed by atoms with Crippen LogP contribution in [0.25, 0.3) is 11.1 Å². The van der Waals surface area contributed by atoms with Gasteiger partial charge in [-0.05, 0) is 25.0 Å². The number of primary amides is 1. The zero-order valence-corrected chi connectivity index (χ0v) is 11.9. The zero-order valence-electron chi connectivity index (χ0n) is 11.9. The van der Waals surface area contributed by atoms with Gasteiger partial charge in [0.15, 0.2) is 5.58 Å². The second kappa shape index (κ2) is 5.04. The number of amides is 1. The molecule has 8 nitrogen and oxygen atoms in total. The minimum absolute atomic E-state index is 0.161. The Kier molecular flexibility index (Phi) is 3.00. The molecule has 3 heterocycles. The molecule has 1 unspecified atom stereocenters. The predicted octanol–water partition coefficient (Wildman–Crippen LogP) is 1.79. The predicted molar refractivity (Wildman–Crippen MR) is 76.1 cm³/mol. The Morgan fingerprint density at radius 1 is 1.39 bits per heavy atom. The zero-order chi connectivity index (χ0) is 16.0. The van der Waals surface area contributed by atoms with Crippen LogP contribution in [-0.4, -0.2) is 27.6 Å². The highest BCUT2D eigenvalue weighted by Crippen LogP contribution is 2.36. The maximum Gasteiger partial charge on any atom is 0.299 e. The fourth-order valence-electron chi connectivity index (χ4n) is 2.73. The molecule has 1 amide bonds. The second-order valence-corrected chi connectivity index (χ2v) is 5.28. The first-order valence-corrected chi connectivity index (χ1v) is 7.08. The SMILES string of the molecule is NC(=O)c1noc(C2CCCN2c2nc3cc(F)ccc3o2)n1. The summed E-state index contributed by atoms with van der Waals surface area (Å²) in [6, 6.07) is 4.26. The number of nitrogens with two attached hydrogens (primary N) is 1. The van der Waals surface area contributed by atoms with Gasteiger partial charge in [0.2, 0.25) is 5.89 Å². The van der Waals surface area contributed by atoms with Crippen molar-refractivity contribution in [1.82, 2.24) is 15.1 Å². The van der Waals surface area contributed by atoms with Crippen LogP contribution in [0.2, 0.25) is 0 Å². The van der Waals surface area contributed by atoms with E-state index in [2.05, 4.69) is 15.1 Å². The van der Waals surface area contributed by atoms with E-state index >= 15 is 0 Å². The molecular weight excluding hydrogens is 305 g/mol. The van der Waals surface area contributed by atoms with Crippen molar-refractivity contribution in [3.63, 3.8) is 0 Å². The minimum atomic E-state index is -0.748. The maximum atomic E-state index is 13.3. The van der Waals surface area contributed by atoms with Crippen LogP contribution in [0.1, 0.15) is 35.4 Å². The van der Waals surface area contributed by atoms with Gasteiger partial charge >= 0.3 is 0 Å². The standard InChI is InChI=1S/C14H12FN5O3/c15-7-3-4-10-8(6-7)17-14(22-10)20-5-1-2-9(20)13-18-12(11(16)21)19-23-13/h3-4,6,9H,1-2,5H2,(H2,16,21). The number of carbonyl (C=O) groups is 1. The molecule has 1 saturated heterocycles. The molecule has 1 aromatic carbocycles. The van der Waals surface area contributed by atoms with Gasteiger partial charge in [-0.15, -0.1) is 0 Å². The average Bonchev–Trinajstić information content (AvgIpc) is 3.24. The molecule has 0 spiro atoms. The number of hydrogen-bond acceptors (Lipinski definition) is 7. The first-order chi connectivity index (χ1) is 11.1. The van der Waals surface area contributed by atoms with E-state index in [0.717, 1.165) is 12.8 Å². The molecule has 0 bridgehead atoms. The van der Waals surface area contributed by atoms with Crippen molar-refractivity contribution in [2.75, 3.05) is 11.4 Å². The van der Waals surface area contributed by atoms with Crippen LogP contribution in [-0.2, 0) is 0 Å². The number of nitrogens with zero attached hydrogens (tertiary/aromatic N) is 4. The van der Waals surface area contributed by atoms with E-state index in [-0.39, 0.29) is 23.6 Å². The van der Waals surface area contributed by atoms with E-state index < -0.39 is 5.91 Å². The molecular formula is C14H12FN5O3. The molecule has 1 aliphatic rings. The van der Waals surface area contributed by atoms with Crippen molar-refractivity contribution < 1.29 is 18.1 Å². The third-order valence-electron chi connectivity index (χ3n) is 3.78. The summed E-state index contributed by atoms with van der Waals surface area (Å²) < 4.78 is 24.1. The molecule has 0 saturated carbocycles. The minimum Gasteiger partial charge on any atom is -0.423 e. The summed E-state index contributed by atoms with van der Waals surface area (Å²) >= 11 is 0. The van der Waals surface area contributed by atoms with Gasteiger partial charge in [-0.25, -0.2) is 4.39 Å². The summed E-state index contributed by atoms with van der Waals surface area (Å²) in [4.78, 5) is 21.3. The number of benzene rings is 1. The van der Waals surface area contributed by atoms with E-state index in [9.17, 15) is 9.18 Å². The number of rotatable bonds is 3. The summed E-state index contributed by atoms with van der Waals surface area (Å²) in [5.74, 6) is -1.00. The van der Waals surface area contributed by atoms with Gasteiger partial charge in [0.25, 0.3) is 17.7 Å². The quantitative estimate of drug-likeness (QED) is 0.783. The van der Waals surface area contributed by atoms with Crippen LogP contribution in [0.5, 0.6) is 0 Å². The van der Waals surface area contributed by atoms with E-state index in [0.29, 0.717) is 23.7 Å².